The Morgan fingerprint density at radius 1 is 1.25 bits per heavy atom. The van der Waals surface area contributed by atoms with Crippen LogP contribution in [0.15, 0.2) is 52.6 Å². The minimum atomic E-state index is 0.0514. The normalized spacial score (nSPS) is 13.0. The second kappa shape index (κ2) is 8.60. The van der Waals surface area contributed by atoms with E-state index in [0.29, 0.717) is 24.8 Å². The molecule has 0 bridgehead atoms. The van der Waals surface area contributed by atoms with Crippen LogP contribution in [0.2, 0.25) is 0 Å². The molecule has 0 unspecified atom stereocenters. The molecule has 9 heteroatoms. The highest BCUT2D eigenvalue weighted by Crippen LogP contribution is 2.32. The first-order valence-corrected chi connectivity index (χ1v) is 11.2. The Labute approximate surface area is 189 Å². The molecule has 162 valence electrons. The number of hydrogen-bond acceptors (Lipinski definition) is 8. The van der Waals surface area contributed by atoms with Crippen molar-refractivity contribution < 1.29 is 9.32 Å². The van der Waals surface area contributed by atoms with E-state index in [1.165, 1.54) is 5.56 Å². The highest BCUT2D eigenvalue weighted by Gasteiger charge is 2.26. The average Bonchev–Trinajstić information content (AvgIpc) is 3.53. The standard InChI is InChI=1S/C23H22N6O2S/c1-15-25-19(14-32-15)16-5-6-20-17(10-16)7-9-29(20)22(30)13-28(2)12-21-26-23(27-31-21)18-4-3-8-24-11-18/h3-6,8,10-11,14H,7,9,12-13H2,1-2H3. The third-order valence-corrected chi connectivity index (χ3v) is 6.16. The predicted molar refractivity (Wildman–Crippen MR) is 122 cm³/mol. The topological polar surface area (TPSA) is 88.3 Å². The second-order valence-corrected chi connectivity index (χ2v) is 8.88. The first-order valence-electron chi connectivity index (χ1n) is 10.3. The number of amides is 1. The highest BCUT2D eigenvalue weighted by atomic mass is 32.1. The molecule has 0 fully saturated rings. The number of nitrogens with zero attached hydrogens (tertiary/aromatic N) is 6. The molecule has 1 aliphatic heterocycles. The number of pyridine rings is 1. The Kier molecular flexibility index (Phi) is 5.50. The van der Waals surface area contributed by atoms with Gasteiger partial charge < -0.3 is 9.42 Å². The predicted octanol–water partition coefficient (Wildman–Crippen LogP) is 3.58. The monoisotopic (exact) mass is 446 g/mol. The van der Waals surface area contributed by atoms with Crippen molar-refractivity contribution >= 4 is 22.9 Å². The first-order chi connectivity index (χ1) is 15.6. The number of likely N-dealkylation sites (N-methyl/N-ethyl adjacent to an activating group) is 1. The smallest absolute Gasteiger partial charge is 0.241 e. The summed E-state index contributed by atoms with van der Waals surface area (Å²) in [5, 5.41) is 7.13. The van der Waals surface area contributed by atoms with E-state index in [1.807, 2.05) is 48.0 Å². The van der Waals surface area contributed by atoms with E-state index < -0.39 is 0 Å². The van der Waals surface area contributed by atoms with Gasteiger partial charge in [-0.15, -0.1) is 11.3 Å². The minimum absolute atomic E-state index is 0.0514. The number of rotatable bonds is 6. The van der Waals surface area contributed by atoms with E-state index in [2.05, 4.69) is 31.6 Å². The summed E-state index contributed by atoms with van der Waals surface area (Å²) < 4.78 is 5.35. The number of fused-ring (bicyclic) bond motifs is 1. The highest BCUT2D eigenvalue weighted by molar-refractivity contribution is 7.09. The molecule has 0 N–H and O–H groups in total. The van der Waals surface area contributed by atoms with Crippen LogP contribution in [-0.4, -0.2) is 51.1 Å². The molecule has 0 spiro atoms. The summed E-state index contributed by atoms with van der Waals surface area (Å²) in [4.78, 5) is 29.8. The number of aryl methyl sites for hydroxylation is 1. The van der Waals surface area contributed by atoms with E-state index in [0.717, 1.165) is 33.9 Å². The van der Waals surface area contributed by atoms with Gasteiger partial charge in [-0.25, -0.2) is 4.98 Å². The van der Waals surface area contributed by atoms with Crippen LogP contribution in [0.5, 0.6) is 0 Å². The van der Waals surface area contributed by atoms with E-state index in [9.17, 15) is 4.79 Å². The summed E-state index contributed by atoms with van der Waals surface area (Å²) >= 11 is 1.64. The van der Waals surface area contributed by atoms with Crippen LogP contribution in [0.25, 0.3) is 22.6 Å². The van der Waals surface area contributed by atoms with E-state index >= 15 is 0 Å². The van der Waals surface area contributed by atoms with Crippen LogP contribution in [0.4, 0.5) is 5.69 Å². The Bertz CT molecular complexity index is 1250. The van der Waals surface area contributed by atoms with Crippen LogP contribution < -0.4 is 4.90 Å². The van der Waals surface area contributed by atoms with Crippen LogP contribution in [0.1, 0.15) is 16.5 Å². The zero-order valence-electron chi connectivity index (χ0n) is 17.9. The number of benzene rings is 1. The maximum absolute atomic E-state index is 13.0. The van der Waals surface area contributed by atoms with Crippen LogP contribution in [0, 0.1) is 6.92 Å². The minimum Gasteiger partial charge on any atom is -0.338 e. The molecule has 0 radical (unpaired) electrons. The summed E-state index contributed by atoms with van der Waals surface area (Å²) in [6.45, 7) is 3.35. The number of carbonyl (C=O) groups excluding carboxylic acids is 1. The Morgan fingerprint density at radius 3 is 2.94 bits per heavy atom. The number of aromatic nitrogens is 4. The fourth-order valence-corrected chi connectivity index (χ4v) is 4.47. The number of carbonyl (C=O) groups is 1. The maximum atomic E-state index is 13.0. The van der Waals surface area contributed by atoms with Crippen molar-refractivity contribution in [2.75, 3.05) is 25.0 Å². The largest absolute Gasteiger partial charge is 0.338 e. The van der Waals surface area contributed by atoms with Gasteiger partial charge in [-0.05, 0) is 50.2 Å². The van der Waals surface area contributed by atoms with Crippen molar-refractivity contribution in [1.29, 1.82) is 0 Å². The fraction of sp³-hybridized carbons (Fsp3) is 0.261. The molecule has 32 heavy (non-hydrogen) atoms. The van der Waals surface area contributed by atoms with E-state index in [1.54, 1.807) is 23.7 Å². The molecule has 5 rings (SSSR count). The summed E-state index contributed by atoms with van der Waals surface area (Å²) in [6.07, 6.45) is 4.23. The lowest BCUT2D eigenvalue weighted by Gasteiger charge is -2.21. The Morgan fingerprint density at radius 2 is 2.16 bits per heavy atom. The van der Waals surface area contributed by atoms with Gasteiger partial charge in [0.2, 0.25) is 17.6 Å². The molecule has 0 saturated carbocycles. The molecule has 4 heterocycles. The van der Waals surface area contributed by atoms with Crippen molar-refractivity contribution in [3.63, 3.8) is 0 Å². The molecule has 1 aliphatic rings. The molecule has 0 aliphatic carbocycles. The van der Waals surface area contributed by atoms with Gasteiger partial charge in [0.05, 0.1) is 23.8 Å². The van der Waals surface area contributed by atoms with Gasteiger partial charge >= 0.3 is 0 Å². The Balaban J connectivity index is 1.23. The van der Waals surface area contributed by atoms with E-state index in [-0.39, 0.29) is 12.5 Å². The lowest BCUT2D eigenvalue weighted by Crippen LogP contribution is -2.37. The zero-order valence-corrected chi connectivity index (χ0v) is 18.7. The second-order valence-electron chi connectivity index (χ2n) is 7.82. The maximum Gasteiger partial charge on any atom is 0.241 e. The van der Waals surface area contributed by atoms with Gasteiger partial charge in [0.1, 0.15) is 0 Å². The molecular formula is C23H22N6O2S. The first kappa shape index (κ1) is 20.5. The number of anilines is 1. The summed E-state index contributed by atoms with van der Waals surface area (Å²) in [5.41, 5.74) is 5.05. The molecule has 4 aromatic rings. The molecule has 1 aromatic carbocycles. The van der Waals surface area contributed by atoms with Gasteiger partial charge in [0.25, 0.3) is 0 Å². The molecule has 3 aromatic heterocycles. The molecular weight excluding hydrogens is 424 g/mol. The third-order valence-electron chi connectivity index (χ3n) is 5.39. The van der Waals surface area contributed by atoms with Crippen molar-refractivity contribution in [2.24, 2.45) is 0 Å². The van der Waals surface area contributed by atoms with Gasteiger partial charge in [0, 0.05) is 41.1 Å². The summed E-state index contributed by atoms with van der Waals surface area (Å²) in [7, 11) is 1.87. The average molecular weight is 447 g/mol. The van der Waals surface area contributed by atoms with E-state index in [4.69, 9.17) is 4.52 Å². The molecule has 0 atom stereocenters. The van der Waals surface area contributed by atoms with Crippen molar-refractivity contribution in [2.45, 2.75) is 19.9 Å². The number of thiazole rings is 1. The van der Waals surface area contributed by atoms with Crippen LogP contribution in [-0.2, 0) is 17.8 Å². The number of hydrogen-bond donors (Lipinski definition) is 0. The zero-order chi connectivity index (χ0) is 22.1. The lowest BCUT2D eigenvalue weighted by molar-refractivity contribution is -0.119. The van der Waals surface area contributed by atoms with Crippen molar-refractivity contribution in [1.82, 2.24) is 25.0 Å². The fourth-order valence-electron chi connectivity index (χ4n) is 3.85. The van der Waals surface area contributed by atoms with Crippen LogP contribution >= 0.6 is 11.3 Å². The van der Waals surface area contributed by atoms with Crippen molar-refractivity contribution in [3.05, 3.63) is 64.6 Å². The SMILES string of the molecule is Cc1nc(-c2ccc3c(c2)CCN3C(=O)CN(C)Cc2nc(-c3cccnc3)no2)cs1. The molecule has 1 amide bonds. The van der Waals surface area contributed by atoms with Gasteiger partial charge in [-0.2, -0.15) is 4.98 Å². The molecule has 8 nitrogen and oxygen atoms in total. The van der Waals surface area contributed by atoms with Gasteiger partial charge in [-0.3, -0.25) is 14.7 Å². The summed E-state index contributed by atoms with van der Waals surface area (Å²) in [5.74, 6) is 1.01. The lowest BCUT2D eigenvalue weighted by atomic mass is 10.1. The third kappa shape index (κ3) is 4.17. The van der Waals surface area contributed by atoms with Crippen LogP contribution in [0.3, 0.4) is 0 Å². The summed E-state index contributed by atoms with van der Waals surface area (Å²) in [6, 6.07) is 9.92. The van der Waals surface area contributed by atoms with Gasteiger partial charge in [-0.1, -0.05) is 11.2 Å². The Hall–Kier alpha value is -3.43. The molecule has 0 saturated heterocycles. The van der Waals surface area contributed by atoms with Crippen molar-refractivity contribution in [3.8, 4) is 22.6 Å². The van der Waals surface area contributed by atoms with Gasteiger partial charge in [0.15, 0.2) is 0 Å². The quantitative estimate of drug-likeness (QED) is 0.447.